The number of fused-ring (bicyclic) bond motifs is 1. The quantitative estimate of drug-likeness (QED) is 0.183. The number of amides is 5. The molecule has 0 radical (unpaired) electrons. The van der Waals surface area contributed by atoms with E-state index in [1.54, 1.807) is 48.5 Å². The highest BCUT2D eigenvalue weighted by molar-refractivity contribution is 6.17. The second-order valence-electron chi connectivity index (χ2n) is 12.5. The number of hydrogen-bond donors (Lipinski definition) is 4. The van der Waals surface area contributed by atoms with Crippen molar-refractivity contribution in [2.75, 3.05) is 0 Å². The molecule has 0 aliphatic rings. The molecule has 0 saturated heterocycles. The summed E-state index contributed by atoms with van der Waals surface area (Å²) < 4.78 is 5.38. The van der Waals surface area contributed by atoms with Gasteiger partial charge in [-0.15, -0.1) is 0 Å². The number of carbonyl (C=O) groups is 6. The van der Waals surface area contributed by atoms with Gasteiger partial charge in [-0.1, -0.05) is 88.4 Å². The molecule has 0 aromatic heterocycles. The summed E-state index contributed by atoms with van der Waals surface area (Å²) in [5, 5.41) is 16.1. The molecule has 0 bridgehead atoms. The third-order valence-electron chi connectivity index (χ3n) is 7.47. The van der Waals surface area contributed by atoms with E-state index in [1.807, 2.05) is 39.8 Å². The smallest absolute Gasteiger partial charge is 0.424 e. The summed E-state index contributed by atoms with van der Waals surface area (Å²) >= 11 is 0. The fraction of sp³-hybridized carbons (Fsp3) is 0.389. The lowest BCUT2D eigenvalue weighted by molar-refractivity contribution is -0.138. The Kier molecular flexibility index (Phi) is 13.8. The molecule has 3 aromatic carbocycles. The molecule has 0 fully saturated rings. The fourth-order valence-electron chi connectivity index (χ4n) is 5.06. The predicted molar refractivity (Wildman–Crippen MR) is 179 cm³/mol. The molecule has 3 atom stereocenters. The molecule has 5 N–H and O–H groups in total. The lowest BCUT2D eigenvalue weighted by Gasteiger charge is -2.27. The molecular formula is C36H44N4O8. The van der Waals surface area contributed by atoms with Crippen LogP contribution >= 0.6 is 0 Å². The number of carbonyl (C=O) groups excluding carboxylic acids is 5. The SMILES string of the molecule is CC(C)C[C@H](NC(=O)[C@@H](N)CC(C)C)C(=O)N[C@@H](CCC(=O)O)C(=O)N(C(=O)OCc1ccccc1)C(=O)c1ccc2ccccc2c1. The fourth-order valence-corrected chi connectivity index (χ4v) is 5.06. The van der Waals surface area contributed by atoms with Crippen LogP contribution in [0.1, 0.15) is 69.3 Å². The van der Waals surface area contributed by atoms with Crippen molar-refractivity contribution in [3.05, 3.63) is 83.9 Å². The van der Waals surface area contributed by atoms with Crippen LogP contribution in [0.5, 0.6) is 0 Å². The molecule has 48 heavy (non-hydrogen) atoms. The number of rotatable bonds is 15. The van der Waals surface area contributed by atoms with Crippen molar-refractivity contribution >= 4 is 46.5 Å². The van der Waals surface area contributed by atoms with Crippen molar-refractivity contribution in [2.24, 2.45) is 17.6 Å². The maximum absolute atomic E-state index is 14.1. The number of imide groups is 3. The van der Waals surface area contributed by atoms with Crippen LogP contribution in [0, 0.1) is 11.8 Å². The second kappa shape index (κ2) is 17.7. The van der Waals surface area contributed by atoms with Crippen molar-refractivity contribution in [1.82, 2.24) is 15.5 Å². The first kappa shape index (κ1) is 37.4. The average molecular weight is 661 g/mol. The number of nitrogens with two attached hydrogens (primary N) is 1. The van der Waals surface area contributed by atoms with Crippen LogP contribution in [0.2, 0.25) is 0 Å². The summed E-state index contributed by atoms with van der Waals surface area (Å²) in [6.45, 7) is 7.21. The van der Waals surface area contributed by atoms with E-state index in [0.717, 1.165) is 5.39 Å². The summed E-state index contributed by atoms with van der Waals surface area (Å²) in [6.07, 6.45) is -1.79. The van der Waals surface area contributed by atoms with Gasteiger partial charge < -0.3 is 26.2 Å². The van der Waals surface area contributed by atoms with Gasteiger partial charge in [0.15, 0.2) is 0 Å². The Balaban J connectivity index is 1.96. The van der Waals surface area contributed by atoms with Gasteiger partial charge in [-0.25, -0.2) is 4.79 Å². The van der Waals surface area contributed by atoms with Crippen LogP contribution in [0.15, 0.2) is 72.8 Å². The first-order chi connectivity index (χ1) is 22.8. The second-order valence-corrected chi connectivity index (χ2v) is 12.5. The highest BCUT2D eigenvalue weighted by atomic mass is 16.6. The van der Waals surface area contributed by atoms with Crippen LogP contribution in [0.4, 0.5) is 4.79 Å². The largest absolute Gasteiger partial charge is 0.481 e. The monoisotopic (exact) mass is 660 g/mol. The highest BCUT2D eigenvalue weighted by Gasteiger charge is 2.38. The number of benzene rings is 3. The average Bonchev–Trinajstić information content (AvgIpc) is 3.04. The molecule has 5 amide bonds. The summed E-state index contributed by atoms with van der Waals surface area (Å²) in [5.41, 5.74) is 6.62. The number of ether oxygens (including phenoxy) is 1. The molecule has 0 aliphatic heterocycles. The molecule has 0 spiro atoms. The minimum absolute atomic E-state index is 0.00823. The lowest BCUT2D eigenvalue weighted by atomic mass is 10.00. The zero-order valence-electron chi connectivity index (χ0n) is 27.7. The number of aliphatic carboxylic acids is 1. The Hall–Kier alpha value is -5.10. The van der Waals surface area contributed by atoms with Gasteiger partial charge in [0.2, 0.25) is 11.8 Å². The molecule has 0 heterocycles. The number of nitrogens with zero attached hydrogens (tertiary/aromatic N) is 1. The Morgan fingerprint density at radius 1 is 0.771 bits per heavy atom. The van der Waals surface area contributed by atoms with E-state index in [4.69, 9.17) is 10.5 Å². The third-order valence-corrected chi connectivity index (χ3v) is 7.47. The van der Waals surface area contributed by atoms with Crippen LogP contribution in [-0.4, -0.2) is 63.8 Å². The molecular weight excluding hydrogens is 616 g/mol. The van der Waals surface area contributed by atoms with Crippen molar-refractivity contribution in [1.29, 1.82) is 0 Å². The Morgan fingerprint density at radius 3 is 2.00 bits per heavy atom. The van der Waals surface area contributed by atoms with Crippen molar-refractivity contribution < 1.29 is 38.6 Å². The first-order valence-corrected chi connectivity index (χ1v) is 15.9. The summed E-state index contributed by atoms with van der Waals surface area (Å²) in [7, 11) is 0. The van der Waals surface area contributed by atoms with E-state index in [9.17, 15) is 33.9 Å². The molecule has 256 valence electrons. The maximum atomic E-state index is 14.1. The van der Waals surface area contributed by atoms with Gasteiger partial charge in [0, 0.05) is 12.0 Å². The molecule has 0 saturated carbocycles. The first-order valence-electron chi connectivity index (χ1n) is 15.9. The van der Waals surface area contributed by atoms with Crippen LogP contribution in [-0.2, 0) is 30.5 Å². The molecule has 12 nitrogen and oxygen atoms in total. The van der Waals surface area contributed by atoms with Crippen molar-refractivity contribution in [2.45, 2.75) is 78.1 Å². The van der Waals surface area contributed by atoms with Crippen LogP contribution < -0.4 is 16.4 Å². The number of carboxylic acids is 1. The zero-order chi connectivity index (χ0) is 35.4. The van der Waals surface area contributed by atoms with E-state index in [0.29, 0.717) is 17.4 Å². The molecule has 3 rings (SSSR count). The minimum Gasteiger partial charge on any atom is -0.481 e. The summed E-state index contributed by atoms with van der Waals surface area (Å²) in [5.74, 6) is -4.79. The topological polar surface area (TPSA) is 185 Å². The van der Waals surface area contributed by atoms with E-state index in [1.165, 1.54) is 12.1 Å². The molecule has 3 aromatic rings. The van der Waals surface area contributed by atoms with Crippen molar-refractivity contribution in [3.8, 4) is 0 Å². The van der Waals surface area contributed by atoms with Gasteiger partial charge in [0.25, 0.3) is 11.8 Å². The van der Waals surface area contributed by atoms with Crippen molar-refractivity contribution in [3.63, 3.8) is 0 Å². The number of nitrogens with one attached hydrogen (secondary N) is 2. The van der Waals surface area contributed by atoms with Gasteiger partial charge >= 0.3 is 12.1 Å². The lowest BCUT2D eigenvalue weighted by Crippen LogP contribution is -2.58. The third kappa shape index (κ3) is 11.0. The zero-order valence-corrected chi connectivity index (χ0v) is 27.7. The van der Waals surface area contributed by atoms with Gasteiger partial charge in [0.05, 0.1) is 6.04 Å². The van der Waals surface area contributed by atoms with E-state index >= 15 is 0 Å². The predicted octanol–water partition coefficient (Wildman–Crippen LogP) is 4.40. The molecule has 12 heteroatoms. The summed E-state index contributed by atoms with van der Waals surface area (Å²) in [4.78, 5) is 79.9. The number of carboxylic acid groups (broad SMARTS) is 1. The van der Waals surface area contributed by atoms with E-state index < -0.39 is 66.7 Å². The summed E-state index contributed by atoms with van der Waals surface area (Å²) in [6, 6.07) is 16.8. The van der Waals surface area contributed by atoms with Gasteiger partial charge in [0.1, 0.15) is 18.7 Å². The van der Waals surface area contributed by atoms with Gasteiger partial charge in [-0.05, 0) is 59.6 Å². The Morgan fingerprint density at radius 2 is 1.38 bits per heavy atom. The Bertz CT molecular complexity index is 1610. The van der Waals surface area contributed by atoms with E-state index in [-0.39, 0.29) is 35.3 Å². The minimum atomic E-state index is -1.64. The normalized spacial score (nSPS) is 13.0. The van der Waals surface area contributed by atoms with Gasteiger partial charge in [-0.2, -0.15) is 4.90 Å². The van der Waals surface area contributed by atoms with Crippen LogP contribution in [0.25, 0.3) is 10.8 Å². The molecule has 0 unspecified atom stereocenters. The van der Waals surface area contributed by atoms with E-state index in [2.05, 4.69) is 10.6 Å². The maximum Gasteiger partial charge on any atom is 0.424 e. The van der Waals surface area contributed by atoms with Crippen LogP contribution in [0.3, 0.4) is 0 Å². The Labute approximate surface area is 280 Å². The van der Waals surface area contributed by atoms with Gasteiger partial charge in [-0.3, -0.25) is 24.0 Å². The molecule has 0 aliphatic carbocycles. The highest BCUT2D eigenvalue weighted by Crippen LogP contribution is 2.19. The number of hydrogen-bond acceptors (Lipinski definition) is 8. The standard InChI is InChI=1S/C36H44N4O8/c1-22(2)18-28(37)32(43)39-30(19-23(3)4)33(44)38-29(16-17-31(41)42)35(46)40(36(47)48-21-24-10-6-5-7-11-24)34(45)27-15-14-25-12-8-9-13-26(25)20-27/h5-15,20,22-23,28-30H,16-19,21,37H2,1-4H3,(H,38,44)(H,39,43)(H,41,42)/t28-,29-,30-/m0/s1.